The van der Waals surface area contributed by atoms with Crippen LogP contribution in [0.15, 0.2) is 78.4 Å². The van der Waals surface area contributed by atoms with Crippen LogP contribution in [0, 0.1) is 5.92 Å². The number of allylic oxidation sites excluding steroid dienone is 4. The standard InChI is InChI=1S/C24H26O2/c1-18(2)26-24(25)16-14-21-13-15-22(20-11-7-4-8-12-20)23(21)17-19-9-5-3-6-10-19/h3-13,15,18,23H,14,16-17H2,1-2H3. The first-order chi connectivity index (χ1) is 12.6. The Labute approximate surface area is 156 Å². The van der Waals surface area contributed by atoms with Crippen LogP contribution in [0.1, 0.15) is 37.8 Å². The maximum absolute atomic E-state index is 12.0. The van der Waals surface area contributed by atoms with Crippen molar-refractivity contribution in [3.8, 4) is 0 Å². The fourth-order valence-corrected chi connectivity index (χ4v) is 3.47. The molecule has 26 heavy (non-hydrogen) atoms. The summed E-state index contributed by atoms with van der Waals surface area (Å²) in [5.74, 6) is 0.194. The summed E-state index contributed by atoms with van der Waals surface area (Å²) in [6, 6.07) is 21.1. The Morgan fingerprint density at radius 3 is 2.27 bits per heavy atom. The summed E-state index contributed by atoms with van der Waals surface area (Å²) >= 11 is 0. The third-order valence-corrected chi connectivity index (χ3v) is 4.67. The Morgan fingerprint density at radius 2 is 1.62 bits per heavy atom. The highest BCUT2D eigenvalue weighted by Gasteiger charge is 2.25. The van der Waals surface area contributed by atoms with Gasteiger partial charge < -0.3 is 4.74 Å². The first kappa shape index (κ1) is 18.2. The summed E-state index contributed by atoms with van der Waals surface area (Å²) in [5, 5.41) is 0. The van der Waals surface area contributed by atoms with E-state index in [0.29, 0.717) is 12.3 Å². The zero-order chi connectivity index (χ0) is 18.4. The molecule has 2 nitrogen and oxygen atoms in total. The normalized spacial score (nSPS) is 16.3. The van der Waals surface area contributed by atoms with Crippen LogP contribution in [0.3, 0.4) is 0 Å². The fourth-order valence-electron chi connectivity index (χ4n) is 3.47. The fraction of sp³-hybridized carbons (Fsp3) is 0.292. The average Bonchev–Trinajstić information content (AvgIpc) is 3.03. The molecule has 2 aromatic rings. The highest BCUT2D eigenvalue weighted by molar-refractivity contribution is 5.76. The molecular formula is C24H26O2. The van der Waals surface area contributed by atoms with E-state index in [1.807, 2.05) is 26.0 Å². The van der Waals surface area contributed by atoms with Crippen LogP contribution in [0.25, 0.3) is 5.57 Å². The predicted molar refractivity (Wildman–Crippen MR) is 107 cm³/mol. The Hall–Kier alpha value is -2.61. The van der Waals surface area contributed by atoms with E-state index >= 15 is 0 Å². The molecule has 0 saturated heterocycles. The number of carbonyl (C=O) groups excluding carboxylic acids is 1. The summed E-state index contributed by atoms with van der Waals surface area (Å²) in [7, 11) is 0. The molecule has 2 heteroatoms. The second-order valence-electron chi connectivity index (χ2n) is 7.01. The van der Waals surface area contributed by atoms with E-state index in [1.165, 1.54) is 22.3 Å². The van der Waals surface area contributed by atoms with Crippen LogP contribution < -0.4 is 0 Å². The number of ether oxygens (including phenoxy) is 1. The van der Waals surface area contributed by atoms with Gasteiger partial charge in [0.05, 0.1) is 6.10 Å². The molecule has 0 saturated carbocycles. The van der Waals surface area contributed by atoms with E-state index in [-0.39, 0.29) is 12.1 Å². The predicted octanol–water partition coefficient (Wildman–Crippen LogP) is 5.60. The van der Waals surface area contributed by atoms with Crippen LogP contribution in [0.4, 0.5) is 0 Å². The molecule has 0 radical (unpaired) electrons. The van der Waals surface area contributed by atoms with Crippen molar-refractivity contribution in [2.24, 2.45) is 5.92 Å². The average molecular weight is 346 g/mol. The molecule has 134 valence electrons. The first-order valence-electron chi connectivity index (χ1n) is 9.33. The van der Waals surface area contributed by atoms with Gasteiger partial charge in [-0.25, -0.2) is 0 Å². The van der Waals surface area contributed by atoms with Crippen molar-refractivity contribution in [3.63, 3.8) is 0 Å². The molecule has 0 aromatic heterocycles. The van der Waals surface area contributed by atoms with Crippen LogP contribution in [0.2, 0.25) is 0 Å². The van der Waals surface area contributed by atoms with Gasteiger partial charge in [0, 0.05) is 12.3 Å². The molecule has 1 aliphatic rings. The number of rotatable bonds is 7. The molecule has 0 N–H and O–H groups in total. The lowest BCUT2D eigenvalue weighted by Crippen LogP contribution is -2.13. The number of benzene rings is 2. The molecule has 1 atom stereocenters. The molecule has 0 spiro atoms. The molecule has 0 aliphatic heterocycles. The third kappa shape index (κ3) is 4.72. The lowest BCUT2D eigenvalue weighted by molar-refractivity contribution is -0.147. The summed E-state index contributed by atoms with van der Waals surface area (Å²) in [6.45, 7) is 3.78. The minimum Gasteiger partial charge on any atom is -0.463 e. The number of hydrogen-bond acceptors (Lipinski definition) is 2. The highest BCUT2D eigenvalue weighted by Crippen LogP contribution is 2.38. The van der Waals surface area contributed by atoms with E-state index < -0.39 is 0 Å². The van der Waals surface area contributed by atoms with Gasteiger partial charge in [0.2, 0.25) is 0 Å². The minimum atomic E-state index is -0.118. The number of hydrogen-bond donors (Lipinski definition) is 0. The molecule has 1 unspecified atom stereocenters. The van der Waals surface area contributed by atoms with Gasteiger partial charge in [-0.3, -0.25) is 4.79 Å². The Morgan fingerprint density at radius 1 is 0.962 bits per heavy atom. The van der Waals surface area contributed by atoms with Crippen LogP contribution >= 0.6 is 0 Å². The molecule has 2 aromatic carbocycles. The quantitative estimate of drug-likeness (QED) is 0.610. The van der Waals surface area contributed by atoms with Crippen molar-refractivity contribution in [1.29, 1.82) is 0 Å². The van der Waals surface area contributed by atoms with Gasteiger partial charge >= 0.3 is 5.97 Å². The lowest BCUT2D eigenvalue weighted by atomic mass is 9.84. The molecule has 3 rings (SSSR count). The van der Waals surface area contributed by atoms with Crippen molar-refractivity contribution in [2.75, 3.05) is 0 Å². The van der Waals surface area contributed by atoms with Gasteiger partial charge in [0.1, 0.15) is 0 Å². The van der Waals surface area contributed by atoms with Crippen molar-refractivity contribution in [1.82, 2.24) is 0 Å². The van der Waals surface area contributed by atoms with E-state index in [1.54, 1.807) is 0 Å². The zero-order valence-electron chi connectivity index (χ0n) is 15.5. The molecular weight excluding hydrogens is 320 g/mol. The van der Waals surface area contributed by atoms with E-state index in [0.717, 1.165) is 12.8 Å². The molecule has 0 heterocycles. The van der Waals surface area contributed by atoms with E-state index in [9.17, 15) is 4.79 Å². The van der Waals surface area contributed by atoms with Gasteiger partial charge in [0.15, 0.2) is 0 Å². The van der Waals surface area contributed by atoms with Crippen LogP contribution in [-0.2, 0) is 16.0 Å². The van der Waals surface area contributed by atoms with Gasteiger partial charge in [0.25, 0.3) is 0 Å². The van der Waals surface area contributed by atoms with E-state index in [4.69, 9.17) is 4.74 Å². The lowest BCUT2D eigenvalue weighted by Gasteiger charge is -2.20. The van der Waals surface area contributed by atoms with Gasteiger partial charge in [-0.05, 0) is 43.4 Å². The summed E-state index contributed by atoms with van der Waals surface area (Å²) in [6.07, 6.45) is 6.48. The smallest absolute Gasteiger partial charge is 0.306 e. The van der Waals surface area contributed by atoms with Gasteiger partial charge in [-0.15, -0.1) is 0 Å². The monoisotopic (exact) mass is 346 g/mol. The van der Waals surface area contributed by atoms with E-state index in [2.05, 4.69) is 60.7 Å². The summed E-state index contributed by atoms with van der Waals surface area (Å²) in [4.78, 5) is 12.0. The Kier molecular flexibility index (Phi) is 6.06. The molecule has 0 bridgehead atoms. The number of carbonyl (C=O) groups is 1. The molecule has 0 amide bonds. The Bertz CT molecular complexity index is 785. The highest BCUT2D eigenvalue weighted by atomic mass is 16.5. The minimum absolute atomic E-state index is 0.0572. The molecule has 0 fully saturated rings. The topological polar surface area (TPSA) is 26.3 Å². The second-order valence-corrected chi connectivity index (χ2v) is 7.01. The van der Waals surface area contributed by atoms with Crippen LogP contribution in [-0.4, -0.2) is 12.1 Å². The van der Waals surface area contributed by atoms with Gasteiger partial charge in [-0.2, -0.15) is 0 Å². The maximum atomic E-state index is 12.0. The zero-order valence-corrected chi connectivity index (χ0v) is 15.5. The number of esters is 1. The second kappa shape index (κ2) is 8.66. The van der Waals surface area contributed by atoms with Gasteiger partial charge in [-0.1, -0.05) is 78.4 Å². The maximum Gasteiger partial charge on any atom is 0.306 e. The van der Waals surface area contributed by atoms with Crippen molar-refractivity contribution in [3.05, 3.63) is 89.5 Å². The van der Waals surface area contributed by atoms with Crippen molar-refractivity contribution >= 4 is 11.5 Å². The van der Waals surface area contributed by atoms with Crippen LogP contribution in [0.5, 0.6) is 0 Å². The summed E-state index contributed by atoms with van der Waals surface area (Å²) < 4.78 is 5.29. The molecule has 1 aliphatic carbocycles. The largest absolute Gasteiger partial charge is 0.463 e. The third-order valence-electron chi connectivity index (χ3n) is 4.67. The SMILES string of the molecule is CC(C)OC(=O)CCC1=CC=C(c2ccccc2)C1Cc1ccccc1. The first-order valence-corrected chi connectivity index (χ1v) is 9.33. The Balaban J connectivity index is 1.75. The van der Waals surface area contributed by atoms with Crippen molar-refractivity contribution in [2.45, 2.75) is 39.2 Å². The summed E-state index contributed by atoms with van der Waals surface area (Å²) in [5.41, 5.74) is 5.22. The van der Waals surface area contributed by atoms with Crippen molar-refractivity contribution < 1.29 is 9.53 Å².